The highest BCUT2D eigenvalue weighted by Crippen LogP contribution is 2.22. The SMILES string of the molecule is Fc1cccc(CC2CCN(CCCNc3cccc(Cl)c3)CC2)c1. The lowest BCUT2D eigenvalue weighted by atomic mass is 9.90. The summed E-state index contributed by atoms with van der Waals surface area (Å²) < 4.78 is 13.3. The predicted octanol–water partition coefficient (Wildman–Crippen LogP) is 5.24. The molecule has 0 amide bonds. The minimum Gasteiger partial charge on any atom is -0.385 e. The zero-order valence-corrected chi connectivity index (χ0v) is 15.3. The highest BCUT2D eigenvalue weighted by Gasteiger charge is 2.19. The molecule has 0 unspecified atom stereocenters. The number of likely N-dealkylation sites (tertiary alicyclic amines) is 1. The molecule has 3 rings (SSSR count). The third-order valence-electron chi connectivity index (χ3n) is 4.93. The molecule has 0 atom stereocenters. The van der Waals surface area contributed by atoms with Gasteiger partial charge in [0.2, 0.25) is 0 Å². The maximum Gasteiger partial charge on any atom is 0.123 e. The van der Waals surface area contributed by atoms with Crippen molar-refractivity contribution in [1.82, 2.24) is 4.90 Å². The fourth-order valence-corrected chi connectivity index (χ4v) is 3.74. The van der Waals surface area contributed by atoms with E-state index in [-0.39, 0.29) is 5.82 Å². The molecule has 2 aromatic carbocycles. The van der Waals surface area contributed by atoms with E-state index in [0.717, 1.165) is 55.3 Å². The molecule has 0 saturated carbocycles. The molecule has 4 heteroatoms. The van der Waals surface area contributed by atoms with Crippen molar-refractivity contribution in [3.63, 3.8) is 0 Å². The van der Waals surface area contributed by atoms with Gasteiger partial charge in [0.15, 0.2) is 0 Å². The zero-order valence-electron chi connectivity index (χ0n) is 14.6. The molecule has 1 N–H and O–H groups in total. The summed E-state index contributed by atoms with van der Waals surface area (Å²) in [6.07, 6.45) is 4.54. The van der Waals surface area contributed by atoms with Crippen molar-refractivity contribution < 1.29 is 4.39 Å². The Morgan fingerprint density at radius 3 is 2.64 bits per heavy atom. The average Bonchev–Trinajstić information content (AvgIpc) is 2.60. The summed E-state index contributed by atoms with van der Waals surface area (Å²) in [5.41, 5.74) is 2.21. The number of nitrogens with one attached hydrogen (secondary N) is 1. The van der Waals surface area contributed by atoms with Crippen molar-refractivity contribution in [3.05, 3.63) is 64.9 Å². The van der Waals surface area contributed by atoms with Crippen LogP contribution in [-0.2, 0) is 6.42 Å². The molecule has 2 nitrogen and oxygen atoms in total. The Morgan fingerprint density at radius 2 is 1.88 bits per heavy atom. The molecule has 25 heavy (non-hydrogen) atoms. The minimum absolute atomic E-state index is 0.123. The van der Waals surface area contributed by atoms with Gasteiger partial charge in [0.25, 0.3) is 0 Å². The number of halogens is 2. The summed E-state index contributed by atoms with van der Waals surface area (Å²) in [7, 11) is 0. The first-order valence-electron chi connectivity index (χ1n) is 9.15. The van der Waals surface area contributed by atoms with E-state index < -0.39 is 0 Å². The monoisotopic (exact) mass is 360 g/mol. The first kappa shape index (κ1) is 18.2. The van der Waals surface area contributed by atoms with Crippen LogP contribution >= 0.6 is 11.6 Å². The highest BCUT2D eigenvalue weighted by atomic mass is 35.5. The fourth-order valence-electron chi connectivity index (χ4n) is 3.55. The minimum atomic E-state index is -0.123. The van der Waals surface area contributed by atoms with Crippen LogP contribution in [0.25, 0.3) is 0 Å². The maximum absolute atomic E-state index is 13.3. The number of piperidine rings is 1. The first-order chi connectivity index (χ1) is 12.2. The molecular formula is C21H26ClFN2. The number of nitrogens with zero attached hydrogens (tertiary/aromatic N) is 1. The third kappa shape index (κ3) is 6.02. The van der Waals surface area contributed by atoms with Crippen molar-refractivity contribution in [2.75, 3.05) is 31.5 Å². The van der Waals surface area contributed by atoms with Gasteiger partial charge in [-0.15, -0.1) is 0 Å². The van der Waals surface area contributed by atoms with Crippen molar-refractivity contribution in [2.24, 2.45) is 5.92 Å². The van der Waals surface area contributed by atoms with E-state index in [1.165, 1.54) is 18.9 Å². The van der Waals surface area contributed by atoms with Crippen LogP contribution < -0.4 is 5.32 Å². The van der Waals surface area contributed by atoms with Crippen molar-refractivity contribution in [1.29, 1.82) is 0 Å². The summed E-state index contributed by atoms with van der Waals surface area (Å²) in [4.78, 5) is 2.54. The molecule has 1 heterocycles. The molecule has 0 aliphatic carbocycles. The standard InChI is InChI=1S/C21H26ClFN2/c22-19-5-2-7-21(16-19)24-10-3-11-25-12-8-17(9-13-25)14-18-4-1-6-20(23)15-18/h1-2,4-7,15-17,24H,3,8-14H2. The molecule has 1 aliphatic rings. The quantitative estimate of drug-likeness (QED) is 0.679. The number of rotatable bonds is 7. The van der Waals surface area contributed by atoms with E-state index in [0.29, 0.717) is 5.92 Å². The molecule has 1 saturated heterocycles. The van der Waals surface area contributed by atoms with Crippen molar-refractivity contribution >= 4 is 17.3 Å². The highest BCUT2D eigenvalue weighted by molar-refractivity contribution is 6.30. The van der Waals surface area contributed by atoms with Gasteiger partial charge in [0.05, 0.1) is 0 Å². The molecule has 0 radical (unpaired) electrons. The summed E-state index contributed by atoms with van der Waals surface area (Å²) in [6, 6.07) is 14.9. The zero-order chi connectivity index (χ0) is 17.5. The Kier molecular flexibility index (Phi) is 6.71. The van der Waals surface area contributed by atoms with Gasteiger partial charge in [0.1, 0.15) is 5.82 Å². The van der Waals surface area contributed by atoms with Gasteiger partial charge < -0.3 is 10.2 Å². The third-order valence-corrected chi connectivity index (χ3v) is 5.16. The van der Waals surface area contributed by atoms with Crippen LogP contribution in [0.2, 0.25) is 5.02 Å². The second-order valence-corrected chi connectivity index (χ2v) is 7.35. The van der Waals surface area contributed by atoms with Crippen LogP contribution in [0.5, 0.6) is 0 Å². The molecular weight excluding hydrogens is 335 g/mol. The molecule has 2 aromatic rings. The smallest absolute Gasteiger partial charge is 0.123 e. The summed E-state index contributed by atoms with van der Waals surface area (Å²) in [5, 5.41) is 4.19. The van der Waals surface area contributed by atoms with Gasteiger partial charge in [0, 0.05) is 17.3 Å². The summed E-state index contributed by atoms with van der Waals surface area (Å²) >= 11 is 5.99. The van der Waals surface area contributed by atoms with Crippen molar-refractivity contribution in [2.45, 2.75) is 25.7 Å². The summed E-state index contributed by atoms with van der Waals surface area (Å²) in [6.45, 7) is 4.39. The lowest BCUT2D eigenvalue weighted by molar-refractivity contribution is 0.183. The lowest BCUT2D eigenvalue weighted by Crippen LogP contribution is -2.35. The fraction of sp³-hybridized carbons (Fsp3) is 0.429. The van der Waals surface area contributed by atoms with Crippen molar-refractivity contribution in [3.8, 4) is 0 Å². The van der Waals surface area contributed by atoms with E-state index in [4.69, 9.17) is 11.6 Å². The second kappa shape index (κ2) is 9.21. The van der Waals surface area contributed by atoms with Crippen LogP contribution in [0.1, 0.15) is 24.8 Å². The summed E-state index contributed by atoms with van der Waals surface area (Å²) in [5.74, 6) is 0.560. The number of anilines is 1. The van der Waals surface area contributed by atoms with Gasteiger partial charge in [-0.3, -0.25) is 0 Å². The van der Waals surface area contributed by atoms with E-state index in [2.05, 4.69) is 10.2 Å². The average molecular weight is 361 g/mol. The van der Waals surface area contributed by atoms with Gasteiger partial charge in [-0.25, -0.2) is 4.39 Å². The van der Waals surface area contributed by atoms with Crippen LogP contribution in [-0.4, -0.2) is 31.1 Å². The number of benzene rings is 2. The molecule has 0 bridgehead atoms. The van der Waals surface area contributed by atoms with Crippen LogP contribution in [0.15, 0.2) is 48.5 Å². The van der Waals surface area contributed by atoms with E-state index >= 15 is 0 Å². The largest absolute Gasteiger partial charge is 0.385 e. The van der Waals surface area contributed by atoms with E-state index in [1.807, 2.05) is 36.4 Å². The maximum atomic E-state index is 13.3. The van der Waals surface area contributed by atoms with Gasteiger partial charge in [-0.2, -0.15) is 0 Å². The Bertz CT molecular complexity index is 666. The molecule has 134 valence electrons. The molecule has 1 fully saturated rings. The molecule has 1 aliphatic heterocycles. The van der Waals surface area contributed by atoms with Crippen LogP contribution in [0.3, 0.4) is 0 Å². The number of hydrogen-bond donors (Lipinski definition) is 1. The predicted molar refractivity (Wildman–Crippen MR) is 104 cm³/mol. The second-order valence-electron chi connectivity index (χ2n) is 6.91. The first-order valence-corrected chi connectivity index (χ1v) is 9.53. The normalized spacial score (nSPS) is 16.1. The topological polar surface area (TPSA) is 15.3 Å². The molecule has 0 aromatic heterocycles. The van der Waals surface area contributed by atoms with Gasteiger partial charge >= 0.3 is 0 Å². The Hall–Kier alpha value is -1.58. The van der Waals surface area contributed by atoms with Crippen LogP contribution in [0.4, 0.5) is 10.1 Å². The van der Waals surface area contributed by atoms with Gasteiger partial charge in [-0.05, 0) is 87.1 Å². The Balaban J connectivity index is 1.32. The van der Waals surface area contributed by atoms with Crippen LogP contribution in [0, 0.1) is 11.7 Å². The number of hydrogen-bond acceptors (Lipinski definition) is 2. The Morgan fingerprint density at radius 1 is 1.08 bits per heavy atom. The Labute approximate surface area is 155 Å². The van der Waals surface area contributed by atoms with E-state index in [1.54, 1.807) is 6.07 Å². The van der Waals surface area contributed by atoms with Gasteiger partial charge in [-0.1, -0.05) is 29.8 Å². The molecule has 0 spiro atoms. The van der Waals surface area contributed by atoms with E-state index in [9.17, 15) is 4.39 Å². The lowest BCUT2D eigenvalue weighted by Gasteiger charge is -2.32.